The molecular weight excluding hydrogens is 358 g/mol. The van der Waals surface area contributed by atoms with Crippen molar-refractivity contribution in [3.63, 3.8) is 0 Å². The van der Waals surface area contributed by atoms with Gasteiger partial charge in [-0.2, -0.15) is 4.98 Å². The van der Waals surface area contributed by atoms with Gasteiger partial charge in [-0.05, 0) is 57.6 Å². The first kappa shape index (κ1) is 22.1. The molecule has 0 spiro atoms. The fourth-order valence-corrected chi connectivity index (χ4v) is 4.41. The van der Waals surface area contributed by atoms with E-state index in [-0.39, 0.29) is 0 Å². The summed E-state index contributed by atoms with van der Waals surface area (Å²) in [5.74, 6) is 1.89. The van der Waals surface area contributed by atoms with Crippen molar-refractivity contribution in [2.24, 2.45) is 0 Å². The third kappa shape index (κ3) is 7.96. The highest BCUT2D eigenvalue weighted by Gasteiger charge is 2.22. The van der Waals surface area contributed by atoms with Crippen molar-refractivity contribution in [1.82, 2.24) is 14.9 Å². The van der Waals surface area contributed by atoms with Crippen molar-refractivity contribution in [3.05, 3.63) is 24.4 Å². The molecule has 2 aliphatic heterocycles. The van der Waals surface area contributed by atoms with Gasteiger partial charge in [0.2, 0.25) is 5.95 Å². The van der Waals surface area contributed by atoms with Gasteiger partial charge in [-0.1, -0.05) is 44.8 Å². The first-order valence-corrected chi connectivity index (χ1v) is 12.1. The van der Waals surface area contributed by atoms with E-state index < -0.39 is 0 Å². The van der Waals surface area contributed by atoms with Gasteiger partial charge in [0, 0.05) is 38.4 Å². The third-order valence-electron chi connectivity index (χ3n) is 6.16. The zero-order chi connectivity index (χ0) is 20.2. The number of aromatic nitrogens is 2. The average molecular weight is 400 g/mol. The SMILES string of the molecule is CCCCCC=CCCCN1CCC(Nc2nccc(N3CCCCCC3)n2)C1. The fourth-order valence-electron chi connectivity index (χ4n) is 4.41. The van der Waals surface area contributed by atoms with Crippen LogP contribution < -0.4 is 10.2 Å². The molecule has 3 heterocycles. The Bertz CT molecular complexity index is 595. The topological polar surface area (TPSA) is 44.3 Å². The third-order valence-corrected chi connectivity index (χ3v) is 6.16. The predicted molar refractivity (Wildman–Crippen MR) is 124 cm³/mol. The van der Waals surface area contributed by atoms with Crippen molar-refractivity contribution < 1.29 is 0 Å². The molecule has 2 fully saturated rings. The van der Waals surface area contributed by atoms with Crippen LogP contribution in [0.25, 0.3) is 0 Å². The van der Waals surface area contributed by atoms with Gasteiger partial charge in [-0.15, -0.1) is 0 Å². The van der Waals surface area contributed by atoms with E-state index in [1.54, 1.807) is 0 Å². The van der Waals surface area contributed by atoms with Crippen molar-refractivity contribution in [1.29, 1.82) is 0 Å². The summed E-state index contributed by atoms with van der Waals surface area (Å²) in [5, 5.41) is 3.59. The lowest BCUT2D eigenvalue weighted by molar-refractivity contribution is 0.332. The Morgan fingerprint density at radius 2 is 1.83 bits per heavy atom. The van der Waals surface area contributed by atoms with Crippen LogP contribution in [0.15, 0.2) is 24.4 Å². The Morgan fingerprint density at radius 1 is 1.03 bits per heavy atom. The maximum Gasteiger partial charge on any atom is 0.224 e. The minimum atomic E-state index is 0.471. The number of nitrogens with zero attached hydrogens (tertiary/aromatic N) is 4. The molecule has 5 nitrogen and oxygen atoms in total. The molecule has 1 unspecified atom stereocenters. The minimum Gasteiger partial charge on any atom is -0.356 e. The number of likely N-dealkylation sites (tertiary alicyclic amines) is 1. The molecule has 162 valence electrons. The van der Waals surface area contributed by atoms with Gasteiger partial charge in [0.1, 0.15) is 5.82 Å². The van der Waals surface area contributed by atoms with Crippen LogP contribution in [0.3, 0.4) is 0 Å². The van der Waals surface area contributed by atoms with Gasteiger partial charge in [-0.3, -0.25) is 0 Å². The summed E-state index contributed by atoms with van der Waals surface area (Å²) in [4.78, 5) is 14.3. The number of rotatable bonds is 11. The quantitative estimate of drug-likeness (QED) is 0.406. The van der Waals surface area contributed by atoms with E-state index in [0.717, 1.165) is 31.4 Å². The molecule has 1 aromatic heterocycles. The molecule has 0 radical (unpaired) electrons. The zero-order valence-corrected chi connectivity index (χ0v) is 18.5. The highest BCUT2D eigenvalue weighted by atomic mass is 15.3. The molecule has 0 aliphatic carbocycles. The maximum atomic E-state index is 4.82. The smallest absolute Gasteiger partial charge is 0.224 e. The highest BCUT2D eigenvalue weighted by molar-refractivity contribution is 5.43. The predicted octanol–water partition coefficient (Wildman–Crippen LogP) is 5.26. The Morgan fingerprint density at radius 3 is 2.62 bits per heavy atom. The summed E-state index contributed by atoms with van der Waals surface area (Å²) in [5.41, 5.74) is 0. The van der Waals surface area contributed by atoms with Crippen LogP contribution in [0.2, 0.25) is 0 Å². The molecule has 0 aromatic carbocycles. The van der Waals surface area contributed by atoms with Crippen molar-refractivity contribution in [2.75, 3.05) is 42.9 Å². The first-order chi connectivity index (χ1) is 14.3. The maximum absolute atomic E-state index is 4.82. The summed E-state index contributed by atoms with van der Waals surface area (Å²) in [6, 6.07) is 2.53. The number of nitrogens with one attached hydrogen (secondary N) is 1. The molecule has 0 amide bonds. The second kappa shape index (κ2) is 12.8. The Kier molecular flexibility index (Phi) is 9.77. The molecule has 0 saturated carbocycles. The largest absolute Gasteiger partial charge is 0.356 e. The Hall–Kier alpha value is -1.62. The molecule has 1 N–H and O–H groups in total. The van der Waals surface area contributed by atoms with Crippen LogP contribution in [-0.4, -0.2) is 53.6 Å². The minimum absolute atomic E-state index is 0.471. The van der Waals surface area contributed by atoms with Gasteiger partial charge < -0.3 is 15.1 Å². The first-order valence-electron chi connectivity index (χ1n) is 12.1. The summed E-state index contributed by atoms with van der Waals surface area (Å²) in [6.07, 6.45) is 20.8. The standard InChI is InChI=1S/C24H41N5/c1-2-3-4-5-6-7-8-11-17-28-20-15-22(21-28)26-24-25-16-14-23(27-24)29-18-12-9-10-13-19-29/h6-7,14,16,22H,2-5,8-13,15,17-21H2,1H3,(H,25,26,27). The van der Waals surface area contributed by atoms with Crippen LogP contribution in [-0.2, 0) is 0 Å². The van der Waals surface area contributed by atoms with E-state index >= 15 is 0 Å². The molecule has 2 saturated heterocycles. The summed E-state index contributed by atoms with van der Waals surface area (Å²) in [6.45, 7) is 8.01. The fraction of sp³-hybridized carbons (Fsp3) is 0.750. The van der Waals surface area contributed by atoms with E-state index in [2.05, 4.69) is 45.2 Å². The normalized spacial score (nSPS) is 21.0. The lowest BCUT2D eigenvalue weighted by Crippen LogP contribution is -2.28. The average Bonchev–Trinajstić information content (AvgIpc) is 3.00. The number of hydrogen-bond donors (Lipinski definition) is 1. The summed E-state index contributed by atoms with van der Waals surface area (Å²) >= 11 is 0. The molecule has 1 atom stereocenters. The summed E-state index contributed by atoms with van der Waals surface area (Å²) in [7, 11) is 0. The second-order valence-corrected chi connectivity index (χ2v) is 8.68. The lowest BCUT2D eigenvalue weighted by atomic mass is 10.2. The highest BCUT2D eigenvalue weighted by Crippen LogP contribution is 2.19. The molecule has 3 rings (SSSR count). The summed E-state index contributed by atoms with van der Waals surface area (Å²) < 4.78 is 0. The molecule has 0 bridgehead atoms. The van der Waals surface area contributed by atoms with Crippen LogP contribution in [0, 0.1) is 0 Å². The van der Waals surface area contributed by atoms with E-state index in [1.807, 2.05) is 6.20 Å². The van der Waals surface area contributed by atoms with Gasteiger partial charge >= 0.3 is 0 Å². The Balaban J connectivity index is 1.36. The Labute approximate surface area is 178 Å². The second-order valence-electron chi connectivity index (χ2n) is 8.68. The number of unbranched alkanes of at least 4 members (excludes halogenated alkanes) is 4. The van der Waals surface area contributed by atoms with Crippen LogP contribution in [0.5, 0.6) is 0 Å². The van der Waals surface area contributed by atoms with E-state index in [9.17, 15) is 0 Å². The van der Waals surface area contributed by atoms with Crippen LogP contribution >= 0.6 is 0 Å². The molecule has 1 aromatic rings. The van der Waals surface area contributed by atoms with Crippen molar-refractivity contribution in [2.45, 2.75) is 83.6 Å². The van der Waals surface area contributed by atoms with Gasteiger partial charge in [0.05, 0.1) is 0 Å². The number of allylic oxidation sites excluding steroid dienone is 2. The lowest BCUT2D eigenvalue weighted by Gasteiger charge is -2.22. The zero-order valence-electron chi connectivity index (χ0n) is 18.5. The molecular formula is C24H41N5. The monoisotopic (exact) mass is 399 g/mol. The van der Waals surface area contributed by atoms with E-state index in [1.165, 1.54) is 83.7 Å². The van der Waals surface area contributed by atoms with Crippen molar-refractivity contribution in [3.8, 4) is 0 Å². The van der Waals surface area contributed by atoms with E-state index in [4.69, 9.17) is 4.98 Å². The number of hydrogen-bond acceptors (Lipinski definition) is 5. The van der Waals surface area contributed by atoms with Crippen molar-refractivity contribution >= 4 is 11.8 Å². The van der Waals surface area contributed by atoms with Crippen LogP contribution in [0.4, 0.5) is 11.8 Å². The number of anilines is 2. The molecule has 5 heteroatoms. The molecule has 29 heavy (non-hydrogen) atoms. The van der Waals surface area contributed by atoms with Crippen LogP contribution in [0.1, 0.15) is 77.6 Å². The van der Waals surface area contributed by atoms with Gasteiger partial charge in [-0.25, -0.2) is 4.98 Å². The molecule has 2 aliphatic rings. The van der Waals surface area contributed by atoms with Gasteiger partial charge in [0.25, 0.3) is 0 Å². The van der Waals surface area contributed by atoms with E-state index in [0.29, 0.717) is 6.04 Å². The van der Waals surface area contributed by atoms with Gasteiger partial charge in [0.15, 0.2) is 0 Å².